The average Bonchev–Trinajstić information content (AvgIpc) is 2.87. The van der Waals surface area contributed by atoms with E-state index in [1.165, 1.54) is 12.1 Å². The Morgan fingerprint density at radius 2 is 1.18 bits per heavy atom. The number of unbranched alkanes of at least 4 members (excludes halogenated alkanes) is 1. The minimum atomic E-state index is -1.48. The first-order valence-electron chi connectivity index (χ1n) is 11.4. The Kier molecular flexibility index (Phi) is 7.02. The lowest BCUT2D eigenvalue weighted by Crippen LogP contribution is -2.36. The van der Waals surface area contributed by atoms with Crippen molar-refractivity contribution < 1.29 is 13.5 Å². The molecule has 0 bridgehead atoms. The van der Waals surface area contributed by atoms with Gasteiger partial charge in [-0.3, -0.25) is 0 Å². The van der Waals surface area contributed by atoms with E-state index >= 15 is 8.78 Å². The van der Waals surface area contributed by atoms with E-state index in [1.54, 1.807) is 24.3 Å². The van der Waals surface area contributed by atoms with Gasteiger partial charge in [0.05, 0.1) is 0 Å². The SMILES string of the molecule is CCCCN(P(c1ccccc1F)c1ccccc1F)P1c2ccccc2Oc2ccccc21. The molecule has 0 N–H and O–H groups in total. The minimum absolute atomic E-state index is 0.303. The van der Waals surface area contributed by atoms with Crippen LogP contribution < -0.4 is 26.0 Å². The van der Waals surface area contributed by atoms with Crippen LogP contribution in [0.3, 0.4) is 0 Å². The van der Waals surface area contributed by atoms with Gasteiger partial charge in [-0.05, 0) is 55.0 Å². The Labute approximate surface area is 201 Å². The highest BCUT2D eigenvalue weighted by molar-refractivity contribution is 7.85. The summed E-state index contributed by atoms with van der Waals surface area (Å²) in [6.45, 7) is 2.87. The molecule has 0 atom stereocenters. The molecule has 0 unspecified atom stereocenters. The lowest BCUT2D eigenvalue weighted by atomic mass is 10.3. The molecule has 0 aliphatic carbocycles. The maximum atomic E-state index is 15.3. The van der Waals surface area contributed by atoms with Crippen LogP contribution in [0, 0.1) is 11.6 Å². The van der Waals surface area contributed by atoms with E-state index in [9.17, 15) is 0 Å². The second-order valence-corrected chi connectivity index (χ2v) is 12.5. The zero-order chi connectivity index (χ0) is 23.5. The molecule has 0 radical (unpaired) electrons. The quantitative estimate of drug-likeness (QED) is 0.271. The molecular weight excluding hydrogens is 466 g/mol. The van der Waals surface area contributed by atoms with E-state index in [0.29, 0.717) is 10.6 Å². The van der Waals surface area contributed by atoms with E-state index < -0.39 is 16.1 Å². The highest BCUT2D eigenvalue weighted by Gasteiger charge is 2.38. The number of halogens is 2. The van der Waals surface area contributed by atoms with Crippen molar-refractivity contribution in [1.29, 1.82) is 0 Å². The lowest BCUT2D eigenvalue weighted by Gasteiger charge is -2.41. The molecule has 172 valence electrons. The molecule has 1 aliphatic rings. The minimum Gasteiger partial charge on any atom is -0.456 e. The molecule has 1 aliphatic heterocycles. The molecule has 4 aromatic rings. The molecule has 4 aromatic carbocycles. The summed E-state index contributed by atoms with van der Waals surface area (Å²) in [6, 6.07) is 29.7. The second-order valence-electron chi connectivity index (χ2n) is 8.01. The topological polar surface area (TPSA) is 12.5 Å². The van der Waals surface area contributed by atoms with Gasteiger partial charge >= 0.3 is 0 Å². The molecule has 0 fully saturated rings. The number of fused-ring (bicyclic) bond motifs is 2. The van der Waals surface area contributed by atoms with Crippen molar-refractivity contribution in [3.8, 4) is 11.5 Å². The van der Waals surface area contributed by atoms with Crippen LogP contribution in [0.4, 0.5) is 8.78 Å². The first-order chi connectivity index (χ1) is 16.7. The number of para-hydroxylation sites is 2. The van der Waals surface area contributed by atoms with Gasteiger partial charge in [-0.15, -0.1) is 0 Å². The van der Waals surface area contributed by atoms with Crippen molar-refractivity contribution >= 4 is 37.4 Å². The van der Waals surface area contributed by atoms with Crippen LogP contribution in [0.25, 0.3) is 0 Å². The summed E-state index contributed by atoms with van der Waals surface area (Å²) < 4.78 is 39.3. The molecule has 0 saturated carbocycles. The normalized spacial score (nSPS) is 13.0. The smallest absolute Gasteiger partial charge is 0.136 e. The van der Waals surface area contributed by atoms with Gasteiger partial charge in [-0.2, -0.15) is 0 Å². The Morgan fingerprint density at radius 3 is 1.68 bits per heavy atom. The zero-order valence-electron chi connectivity index (χ0n) is 18.9. The van der Waals surface area contributed by atoms with Gasteiger partial charge in [0.25, 0.3) is 0 Å². The molecule has 0 spiro atoms. The van der Waals surface area contributed by atoms with E-state index in [-0.39, 0.29) is 11.6 Å². The molecule has 1 heterocycles. The predicted octanol–water partition coefficient (Wildman–Crippen LogP) is 6.57. The number of rotatable bonds is 7. The van der Waals surface area contributed by atoms with Gasteiger partial charge < -0.3 is 4.74 Å². The van der Waals surface area contributed by atoms with Crippen molar-refractivity contribution in [2.24, 2.45) is 0 Å². The number of nitrogens with zero attached hydrogens (tertiary/aromatic N) is 1. The second kappa shape index (κ2) is 10.3. The Balaban J connectivity index is 1.76. The van der Waals surface area contributed by atoms with Crippen LogP contribution in [0.2, 0.25) is 0 Å². The molecular formula is C28H25F2NOP2. The number of ether oxygens (including phenoxy) is 1. The van der Waals surface area contributed by atoms with E-state index in [1.807, 2.05) is 48.5 Å². The van der Waals surface area contributed by atoms with Crippen molar-refractivity contribution in [2.75, 3.05) is 6.54 Å². The van der Waals surface area contributed by atoms with Gasteiger partial charge in [-0.25, -0.2) is 13.2 Å². The highest BCUT2D eigenvalue weighted by Crippen LogP contribution is 2.58. The summed E-state index contributed by atoms with van der Waals surface area (Å²) in [5.74, 6) is 1.02. The molecule has 0 amide bonds. The fourth-order valence-electron chi connectivity index (χ4n) is 4.15. The molecule has 0 aromatic heterocycles. The van der Waals surface area contributed by atoms with Gasteiger partial charge in [0.15, 0.2) is 0 Å². The summed E-state index contributed by atoms with van der Waals surface area (Å²) in [5.41, 5.74) is 0. The van der Waals surface area contributed by atoms with Gasteiger partial charge in [0, 0.05) is 43.9 Å². The van der Waals surface area contributed by atoms with E-state index in [0.717, 1.165) is 41.5 Å². The number of hydrogen-bond acceptors (Lipinski definition) is 2. The largest absolute Gasteiger partial charge is 0.456 e. The van der Waals surface area contributed by atoms with Gasteiger partial charge in [-0.1, -0.05) is 61.9 Å². The summed E-state index contributed by atoms with van der Waals surface area (Å²) in [6.07, 6.45) is 1.91. The molecule has 5 rings (SSSR count). The highest BCUT2D eigenvalue weighted by atomic mass is 31.2. The van der Waals surface area contributed by atoms with Crippen LogP contribution in [-0.2, 0) is 0 Å². The first kappa shape index (κ1) is 23.1. The molecule has 6 heteroatoms. The van der Waals surface area contributed by atoms with Crippen LogP contribution in [0.15, 0.2) is 97.1 Å². The number of benzene rings is 4. The summed E-state index contributed by atoms with van der Waals surface area (Å²) in [5, 5.41) is 3.24. The predicted molar refractivity (Wildman–Crippen MR) is 140 cm³/mol. The number of hydrogen-bond donors (Lipinski definition) is 0. The third-order valence-corrected chi connectivity index (χ3v) is 11.4. The molecule has 0 saturated heterocycles. The van der Waals surface area contributed by atoms with Crippen LogP contribution in [0.5, 0.6) is 11.5 Å². The fourth-order valence-corrected chi connectivity index (χ4v) is 10.3. The van der Waals surface area contributed by atoms with Crippen molar-refractivity contribution in [3.05, 3.63) is 109 Å². The summed E-state index contributed by atoms with van der Waals surface area (Å²) in [4.78, 5) is 0. The monoisotopic (exact) mass is 491 g/mol. The third-order valence-electron chi connectivity index (χ3n) is 5.74. The van der Waals surface area contributed by atoms with Crippen molar-refractivity contribution in [2.45, 2.75) is 19.8 Å². The molecule has 2 nitrogen and oxygen atoms in total. The Hall–Kier alpha value is -2.64. The Bertz CT molecular complexity index is 1210. The van der Waals surface area contributed by atoms with E-state index in [4.69, 9.17) is 4.74 Å². The Morgan fingerprint density at radius 1 is 0.706 bits per heavy atom. The maximum absolute atomic E-state index is 15.3. The zero-order valence-corrected chi connectivity index (χ0v) is 20.7. The first-order valence-corrected chi connectivity index (χ1v) is 14.0. The summed E-state index contributed by atoms with van der Waals surface area (Å²) in [7, 11) is -2.57. The lowest BCUT2D eigenvalue weighted by molar-refractivity contribution is 0.487. The van der Waals surface area contributed by atoms with Crippen LogP contribution in [-0.4, -0.2) is 11.0 Å². The maximum Gasteiger partial charge on any atom is 0.136 e. The van der Waals surface area contributed by atoms with E-state index in [2.05, 4.69) is 23.5 Å². The van der Waals surface area contributed by atoms with Gasteiger partial charge in [0.1, 0.15) is 23.1 Å². The fraction of sp³-hybridized carbons (Fsp3) is 0.143. The van der Waals surface area contributed by atoms with Crippen molar-refractivity contribution in [1.82, 2.24) is 4.44 Å². The van der Waals surface area contributed by atoms with Crippen LogP contribution >= 0.6 is 16.1 Å². The molecule has 34 heavy (non-hydrogen) atoms. The summed E-state index contributed by atoms with van der Waals surface area (Å²) >= 11 is 0. The third kappa shape index (κ3) is 4.39. The standard InChI is InChI=1S/C28H25F2NOP2/c1-2-3-20-31(33(25-16-8-4-12-21(25)29)26-17-9-5-13-22(26)30)34-27-18-10-6-14-23(27)32-24-15-7-11-19-28(24)34/h4-19H,2-3,20H2,1H3. The van der Waals surface area contributed by atoms with Crippen molar-refractivity contribution in [3.63, 3.8) is 0 Å². The van der Waals surface area contributed by atoms with Gasteiger partial charge in [0.2, 0.25) is 0 Å². The van der Waals surface area contributed by atoms with Crippen LogP contribution in [0.1, 0.15) is 19.8 Å². The average molecular weight is 491 g/mol.